The van der Waals surface area contributed by atoms with Gasteiger partial charge in [-0.15, -0.1) is 0 Å². The van der Waals surface area contributed by atoms with E-state index in [4.69, 9.17) is 0 Å². The molecule has 0 saturated carbocycles. The van der Waals surface area contributed by atoms with Gasteiger partial charge in [0, 0.05) is 12.1 Å². The van der Waals surface area contributed by atoms with Crippen LogP contribution >= 0.6 is 0 Å². The van der Waals surface area contributed by atoms with Crippen LogP contribution in [0.4, 0.5) is 5.69 Å². The number of hydrogen-bond acceptors (Lipinski definition) is 3. The Morgan fingerprint density at radius 3 is 2.56 bits per heavy atom. The molecule has 2 fully saturated rings. The van der Waals surface area contributed by atoms with Gasteiger partial charge < -0.3 is 10.6 Å². The first-order chi connectivity index (χ1) is 13.1. The first-order valence-corrected chi connectivity index (χ1v) is 9.27. The number of nitrogens with zero attached hydrogens (tertiary/aromatic N) is 1. The fraction of sp³-hybridized carbons (Fsp3) is 0.286. The van der Waals surface area contributed by atoms with Crippen molar-refractivity contribution in [3.63, 3.8) is 0 Å². The van der Waals surface area contributed by atoms with Crippen molar-refractivity contribution in [1.29, 1.82) is 0 Å². The van der Waals surface area contributed by atoms with Crippen LogP contribution in [-0.2, 0) is 26.3 Å². The number of fused-ring (bicyclic) bond motifs is 4. The van der Waals surface area contributed by atoms with Crippen molar-refractivity contribution in [3.05, 3.63) is 65.7 Å². The zero-order valence-corrected chi connectivity index (χ0v) is 14.7. The predicted octanol–water partition coefficient (Wildman–Crippen LogP) is 0.255. The molecule has 6 nitrogen and oxygen atoms in total. The lowest BCUT2D eigenvalue weighted by Crippen LogP contribution is -2.95. The molecule has 2 saturated heterocycles. The number of rotatable bonds is 3. The number of carbonyl (C=O) groups is 3. The summed E-state index contributed by atoms with van der Waals surface area (Å²) >= 11 is 0. The molecule has 0 radical (unpaired) electrons. The Morgan fingerprint density at radius 2 is 1.74 bits per heavy atom. The molecule has 0 unspecified atom stereocenters. The summed E-state index contributed by atoms with van der Waals surface area (Å²) in [6.07, 6.45) is 0.622. The third-order valence-electron chi connectivity index (χ3n) is 6.17. The molecule has 0 aliphatic carbocycles. The van der Waals surface area contributed by atoms with Crippen LogP contribution in [0.3, 0.4) is 0 Å². The van der Waals surface area contributed by atoms with Crippen LogP contribution in [0.2, 0.25) is 0 Å². The zero-order chi connectivity index (χ0) is 18.6. The zero-order valence-electron chi connectivity index (χ0n) is 14.7. The molecule has 6 heteroatoms. The second-order valence-corrected chi connectivity index (χ2v) is 7.46. The molecule has 0 aromatic heterocycles. The minimum absolute atomic E-state index is 0.147. The van der Waals surface area contributed by atoms with E-state index in [-0.39, 0.29) is 17.7 Å². The topological polar surface area (TPSA) is 83.1 Å². The standard InChI is InChI=1S/C21H19N3O3/c25-18-14-12-22-21(15-8-4-5-9-16(15)23-20(21)27)17(14)19(26)24(18)11-10-13-6-2-1-3-7-13/h1-9,14,17,22H,10-12H2,(H,23,27)/p+1/t14-,17+,21+/m0/s1. The summed E-state index contributed by atoms with van der Waals surface area (Å²) in [6, 6.07) is 17.3. The van der Waals surface area contributed by atoms with Gasteiger partial charge in [-0.05, 0) is 18.1 Å². The minimum atomic E-state index is -1.02. The number of amides is 3. The van der Waals surface area contributed by atoms with Crippen molar-refractivity contribution in [3.8, 4) is 0 Å². The Balaban J connectivity index is 1.47. The maximum Gasteiger partial charge on any atom is 0.291 e. The number of nitrogens with one attached hydrogen (secondary N) is 1. The maximum atomic E-state index is 13.2. The Morgan fingerprint density at radius 1 is 1.00 bits per heavy atom. The molecular weight excluding hydrogens is 342 g/mol. The second-order valence-electron chi connectivity index (χ2n) is 7.46. The first-order valence-electron chi connectivity index (χ1n) is 9.27. The molecule has 136 valence electrons. The molecule has 3 amide bonds. The minimum Gasteiger partial charge on any atom is -0.328 e. The molecule has 3 aliphatic heterocycles. The van der Waals surface area contributed by atoms with Crippen molar-refractivity contribution in [2.75, 3.05) is 18.4 Å². The van der Waals surface area contributed by atoms with Crippen LogP contribution in [0.25, 0.3) is 0 Å². The van der Waals surface area contributed by atoms with Crippen LogP contribution in [-0.4, -0.2) is 35.7 Å². The van der Waals surface area contributed by atoms with Gasteiger partial charge in [0.15, 0.2) is 0 Å². The van der Waals surface area contributed by atoms with Gasteiger partial charge in [-0.3, -0.25) is 19.3 Å². The Bertz CT molecular complexity index is 958. The molecule has 2 aromatic rings. The van der Waals surface area contributed by atoms with E-state index in [1.165, 1.54) is 4.90 Å². The number of carbonyl (C=O) groups excluding carboxylic acids is 3. The van der Waals surface area contributed by atoms with Gasteiger partial charge in [-0.25, -0.2) is 0 Å². The lowest BCUT2D eigenvalue weighted by molar-refractivity contribution is -0.704. The highest BCUT2D eigenvalue weighted by atomic mass is 16.2. The number of hydrogen-bond donors (Lipinski definition) is 2. The number of nitrogens with two attached hydrogens (primary N) is 1. The Kier molecular flexibility index (Phi) is 3.45. The van der Waals surface area contributed by atoms with Gasteiger partial charge in [0.1, 0.15) is 11.8 Å². The van der Waals surface area contributed by atoms with Crippen molar-refractivity contribution < 1.29 is 19.7 Å². The lowest BCUT2D eigenvalue weighted by Gasteiger charge is -2.25. The number of imide groups is 1. The Labute approximate surface area is 156 Å². The van der Waals surface area contributed by atoms with Crippen molar-refractivity contribution in [2.24, 2.45) is 11.8 Å². The summed E-state index contributed by atoms with van der Waals surface area (Å²) in [6.45, 7) is 0.812. The average molecular weight is 362 g/mol. The Hall–Kier alpha value is -2.99. The van der Waals surface area contributed by atoms with Gasteiger partial charge >= 0.3 is 0 Å². The average Bonchev–Trinajstić information content (AvgIpc) is 3.29. The second kappa shape index (κ2) is 5.76. The highest BCUT2D eigenvalue weighted by molar-refractivity contribution is 6.13. The number of anilines is 1. The molecule has 27 heavy (non-hydrogen) atoms. The highest BCUT2D eigenvalue weighted by Crippen LogP contribution is 2.47. The van der Waals surface area contributed by atoms with Crippen LogP contribution in [0, 0.1) is 11.8 Å². The summed E-state index contributed by atoms with van der Waals surface area (Å²) in [5, 5.41) is 4.78. The van der Waals surface area contributed by atoms with E-state index in [1.807, 2.05) is 59.9 Å². The quantitative estimate of drug-likeness (QED) is 0.768. The van der Waals surface area contributed by atoms with E-state index in [0.29, 0.717) is 19.5 Å². The van der Waals surface area contributed by atoms with Gasteiger partial charge in [-0.1, -0.05) is 48.5 Å². The molecule has 3 atom stereocenters. The summed E-state index contributed by atoms with van der Waals surface area (Å²) in [7, 11) is 0. The molecule has 3 N–H and O–H groups in total. The van der Waals surface area contributed by atoms with Crippen molar-refractivity contribution in [2.45, 2.75) is 12.0 Å². The fourth-order valence-corrected chi connectivity index (χ4v) is 4.90. The fourth-order valence-electron chi connectivity index (χ4n) is 4.90. The normalized spacial score (nSPS) is 28.6. The lowest BCUT2D eigenvalue weighted by atomic mass is 9.77. The molecule has 1 spiro atoms. The maximum absolute atomic E-state index is 13.2. The van der Waals surface area contributed by atoms with Crippen LogP contribution in [0.1, 0.15) is 11.1 Å². The number of para-hydroxylation sites is 1. The van der Waals surface area contributed by atoms with E-state index in [9.17, 15) is 14.4 Å². The van der Waals surface area contributed by atoms with E-state index in [2.05, 4.69) is 5.32 Å². The molecule has 0 bridgehead atoms. The molecule has 5 rings (SSSR count). The highest BCUT2D eigenvalue weighted by Gasteiger charge is 2.71. The van der Waals surface area contributed by atoms with E-state index >= 15 is 0 Å². The predicted molar refractivity (Wildman–Crippen MR) is 97.4 cm³/mol. The van der Waals surface area contributed by atoms with Gasteiger partial charge in [0.2, 0.25) is 17.4 Å². The van der Waals surface area contributed by atoms with E-state index in [0.717, 1.165) is 16.8 Å². The largest absolute Gasteiger partial charge is 0.328 e. The molecule has 3 heterocycles. The summed E-state index contributed by atoms with van der Waals surface area (Å²) in [5.41, 5.74) is 1.62. The van der Waals surface area contributed by atoms with Gasteiger partial charge in [0.25, 0.3) is 5.91 Å². The van der Waals surface area contributed by atoms with Crippen LogP contribution in [0.5, 0.6) is 0 Å². The summed E-state index contributed by atoms with van der Waals surface area (Å²) in [5.74, 6) is -1.63. The number of quaternary nitrogens is 1. The van der Waals surface area contributed by atoms with Crippen molar-refractivity contribution >= 4 is 23.4 Å². The SMILES string of the molecule is O=C1[C@H]2C[NH2+][C@@]3(C(=O)Nc4ccccc43)[C@H]2C(=O)N1CCc1ccccc1. The number of benzene rings is 2. The molecule has 3 aliphatic rings. The van der Waals surface area contributed by atoms with Crippen molar-refractivity contribution in [1.82, 2.24) is 4.90 Å². The molecular formula is C21H20N3O3+. The van der Waals surface area contributed by atoms with E-state index in [1.54, 1.807) is 0 Å². The smallest absolute Gasteiger partial charge is 0.291 e. The number of likely N-dealkylation sites (tertiary alicyclic amines) is 1. The third kappa shape index (κ3) is 2.13. The monoisotopic (exact) mass is 362 g/mol. The summed E-state index contributed by atoms with van der Waals surface area (Å²) in [4.78, 5) is 40.4. The van der Waals surface area contributed by atoms with E-state index < -0.39 is 17.4 Å². The summed E-state index contributed by atoms with van der Waals surface area (Å²) < 4.78 is 0. The third-order valence-corrected chi connectivity index (χ3v) is 6.17. The first kappa shape index (κ1) is 16.2. The molecule has 2 aromatic carbocycles. The van der Waals surface area contributed by atoms with Gasteiger partial charge in [0.05, 0.1) is 12.2 Å². The van der Waals surface area contributed by atoms with Gasteiger partial charge in [-0.2, -0.15) is 0 Å². The van der Waals surface area contributed by atoms with Crippen LogP contribution in [0.15, 0.2) is 54.6 Å². The van der Waals surface area contributed by atoms with Crippen LogP contribution < -0.4 is 10.6 Å².